The van der Waals surface area contributed by atoms with E-state index in [1.54, 1.807) is 31.2 Å². The van der Waals surface area contributed by atoms with Crippen LogP contribution in [0.1, 0.15) is 15.9 Å². The van der Waals surface area contributed by atoms with E-state index >= 15 is 0 Å². The zero-order chi connectivity index (χ0) is 14.2. The summed E-state index contributed by atoms with van der Waals surface area (Å²) < 4.78 is 13.8. The van der Waals surface area contributed by atoms with Crippen molar-refractivity contribution in [2.45, 2.75) is 6.92 Å². The molecule has 0 fully saturated rings. The van der Waals surface area contributed by atoms with Crippen LogP contribution in [0.25, 0.3) is 11.1 Å². The first-order valence-corrected chi connectivity index (χ1v) is 6.14. The maximum atomic E-state index is 13.8. The molecule has 0 saturated carbocycles. The molecule has 0 bridgehead atoms. The monoisotopic (exact) mass is 298 g/mol. The highest BCUT2D eigenvalue weighted by atomic mass is 35.5. The Hall–Kier alpha value is -1.58. The molecule has 0 saturated heterocycles. The predicted molar refractivity (Wildman–Crippen MR) is 73.6 cm³/mol. The smallest absolute Gasteiger partial charge is 0.338 e. The van der Waals surface area contributed by atoms with Crippen LogP contribution in [-0.4, -0.2) is 11.1 Å². The lowest BCUT2D eigenvalue weighted by molar-refractivity contribution is 0.0691. The molecule has 0 aromatic heterocycles. The first kappa shape index (κ1) is 13.8. The average Bonchev–Trinajstić information content (AvgIpc) is 2.31. The van der Waals surface area contributed by atoms with Crippen molar-refractivity contribution < 1.29 is 14.3 Å². The van der Waals surface area contributed by atoms with Crippen LogP contribution in [0.5, 0.6) is 0 Å². The summed E-state index contributed by atoms with van der Waals surface area (Å²) in [6.07, 6.45) is 0. The molecule has 1 N–H and O–H groups in total. The zero-order valence-corrected chi connectivity index (χ0v) is 11.4. The molecule has 0 amide bonds. The minimum atomic E-state index is -1.28. The molecule has 2 aromatic carbocycles. The Morgan fingerprint density at radius 1 is 1.11 bits per heavy atom. The Morgan fingerprint density at radius 2 is 1.79 bits per heavy atom. The number of rotatable bonds is 2. The van der Waals surface area contributed by atoms with Gasteiger partial charge in [-0.2, -0.15) is 0 Å². The van der Waals surface area contributed by atoms with E-state index < -0.39 is 11.8 Å². The molecule has 0 aliphatic heterocycles. The molecular weight excluding hydrogens is 290 g/mol. The molecule has 2 nitrogen and oxygen atoms in total. The lowest BCUT2D eigenvalue weighted by Crippen LogP contribution is -2.04. The van der Waals surface area contributed by atoms with Crippen molar-refractivity contribution in [3.63, 3.8) is 0 Å². The minimum Gasteiger partial charge on any atom is -0.478 e. The van der Waals surface area contributed by atoms with E-state index in [0.717, 1.165) is 0 Å². The van der Waals surface area contributed by atoms with Gasteiger partial charge in [-0.25, -0.2) is 9.18 Å². The Balaban J connectivity index is 2.58. The molecule has 0 atom stereocenters. The Morgan fingerprint density at radius 3 is 2.32 bits per heavy atom. The molecule has 0 aliphatic rings. The largest absolute Gasteiger partial charge is 0.478 e. The SMILES string of the molecule is Cc1cc(-c2ccc(Cl)c(Cl)c2)cc(F)c1C(=O)O. The van der Waals surface area contributed by atoms with E-state index in [1.165, 1.54) is 6.07 Å². The van der Waals surface area contributed by atoms with Crippen LogP contribution < -0.4 is 0 Å². The van der Waals surface area contributed by atoms with E-state index in [1.807, 2.05) is 0 Å². The number of carboxylic acids is 1. The van der Waals surface area contributed by atoms with Gasteiger partial charge in [0.05, 0.1) is 15.6 Å². The summed E-state index contributed by atoms with van der Waals surface area (Å²) in [5.41, 5.74) is 1.27. The van der Waals surface area contributed by atoms with Gasteiger partial charge in [0.1, 0.15) is 5.82 Å². The Bertz CT molecular complexity index is 645. The first-order valence-electron chi connectivity index (χ1n) is 5.39. The van der Waals surface area contributed by atoms with E-state index in [-0.39, 0.29) is 5.56 Å². The van der Waals surface area contributed by atoms with Gasteiger partial charge in [0, 0.05) is 0 Å². The van der Waals surface area contributed by atoms with Crippen molar-refractivity contribution in [2.24, 2.45) is 0 Å². The fraction of sp³-hybridized carbons (Fsp3) is 0.0714. The van der Waals surface area contributed by atoms with E-state index in [4.69, 9.17) is 28.3 Å². The van der Waals surface area contributed by atoms with Crippen LogP contribution in [0, 0.1) is 12.7 Å². The molecule has 2 rings (SSSR count). The molecular formula is C14H9Cl2FO2. The number of carboxylic acid groups (broad SMARTS) is 1. The van der Waals surface area contributed by atoms with Crippen LogP contribution in [-0.2, 0) is 0 Å². The van der Waals surface area contributed by atoms with Gasteiger partial charge in [-0.05, 0) is 41.8 Å². The van der Waals surface area contributed by atoms with Crippen LogP contribution in [0.2, 0.25) is 10.0 Å². The average molecular weight is 299 g/mol. The van der Waals surface area contributed by atoms with Gasteiger partial charge in [-0.3, -0.25) is 0 Å². The predicted octanol–water partition coefficient (Wildman–Crippen LogP) is 4.81. The number of hydrogen-bond donors (Lipinski definition) is 1. The van der Waals surface area contributed by atoms with Gasteiger partial charge in [0.15, 0.2) is 0 Å². The van der Waals surface area contributed by atoms with E-state index in [2.05, 4.69) is 0 Å². The minimum absolute atomic E-state index is 0.316. The molecule has 19 heavy (non-hydrogen) atoms. The van der Waals surface area contributed by atoms with Crippen molar-refractivity contribution in [3.8, 4) is 11.1 Å². The molecule has 5 heteroatoms. The normalized spacial score (nSPS) is 10.5. The van der Waals surface area contributed by atoms with Gasteiger partial charge in [-0.15, -0.1) is 0 Å². The third-order valence-electron chi connectivity index (χ3n) is 2.75. The third-order valence-corrected chi connectivity index (χ3v) is 3.49. The summed E-state index contributed by atoms with van der Waals surface area (Å²) in [5.74, 6) is -2.05. The number of carbonyl (C=O) groups is 1. The van der Waals surface area contributed by atoms with Gasteiger partial charge in [0.2, 0.25) is 0 Å². The molecule has 0 aliphatic carbocycles. The fourth-order valence-electron chi connectivity index (χ4n) is 1.86. The molecule has 0 radical (unpaired) electrons. The lowest BCUT2D eigenvalue weighted by atomic mass is 9.99. The Labute approximate surface area is 119 Å². The van der Waals surface area contributed by atoms with Gasteiger partial charge in [-0.1, -0.05) is 35.3 Å². The molecule has 0 spiro atoms. The van der Waals surface area contributed by atoms with Crippen LogP contribution in [0.4, 0.5) is 4.39 Å². The first-order chi connectivity index (χ1) is 8.90. The van der Waals surface area contributed by atoms with E-state index in [0.29, 0.717) is 26.7 Å². The number of benzene rings is 2. The quantitative estimate of drug-likeness (QED) is 0.864. The van der Waals surface area contributed by atoms with Crippen molar-refractivity contribution in [3.05, 3.63) is 57.3 Å². The highest BCUT2D eigenvalue weighted by Gasteiger charge is 2.15. The Kier molecular flexibility index (Phi) is 3.78. The van der Waals surface area contributed by atoms with Gasteiger partial charge < -0.3 is 5.11 Å². The highest BCUT2D eigenvalue weighted by molar-refractivity contribution is 6.42. The topological polar surface area (TPSA) is 37.3 Å². The second-order valence-electron chi connectivity index (χ2n) is 4.08. The summed E-state index contributed by atoms with van der Waals surface area (Å²) >= 11 is 11.7. The molecule has 2 aromatic rings. The molecule has 0 heterocycles. The van der Waals surface area contributed by atoms with Crippen molar-refractivity contribution >= 4 is 29.2 Å². The van der Waals surface area contributed by atoms with Crippen molar-refractivity contribution in [2.75, 3.05) is 0 Å². The van der Waals surface area contributed by atoms with Gasteiger partial charge >= 0.3 is 5.97 Å². The molecule has 98 valence electrons. The standard InChI is InChI=1S/C14H9Cl2FO2/c1-7-4-9(6-12(17)13(7)14(18)19)8-2-3-10(15)11(16)5-8/h2-6H,1H3,(H,18,19). The maximum absolute atomic E-state index is 13.8. The second-order valence-corrected chi connectivity index (χ2v) is 4.90. The summed E-state index contributed by atoms with van der Waals surface area (Å²) in [7, 11) is 0. The second kappa shape index (κ2) is 5.19. The van der Waals surface area contributed by atoms with E-state index in [9.17, 15) is 9.18 Å². The summed E-state index contributed by atoms with van der Waals surface area (Å²) in [6, 6.07) is 7.70. The fourth-order valence-corrected chi connectivity index (χ4v) is 2.16. The summed E-state index contributed by atoms with van der Waals surface area (Å²) in [4.78, 5) is 10.9. The molecule has 0 unspecified atom stereocenters. The third kappa shape index (κ3) is 2.72. The van der Waals surface area contributed by atoms with Crippen LogP contribution in [0.3, 0.4) is 0 Å². The number of hydrogen-bond acceptors (Lipinski definition) is 1. The zero-order valence-electron chi connectivity index (χ0n) is 9.88. The summed E-state index contributed by atoms with van der Waals surface area (Å²) in [6.45, 7) is 1.55. The van der Waals surface area contributed by atoms with Crippen LogP contribution >= 0.6 is 23.2 Å². The lowest BCUT2D eigenvalue weighted by Gasteiger charge is -2.08. The number of halogens is 3. The number of aromatic carboxylic acids is 1. The van der Waals surface area contributed by atoms with Crippen molar-refractivity contribution in [1.29, 1.82) is 0 Å². The highest BCUT2D eigenvalue weighted by Crippen LogP contribution is 2.30. The van der Waals surface area contributed by atoms with Crippen molar-refractivity contribution in [1.82, 2.24) is 0 Å². The van der Waals surface area contributed by atoms with Crippen LogP contribution in [0.15, 0.2) is 30.3 Å². The maximum Gasteiger partial charge on any atom is 0.338 e. The number of aryl methyl sites for hydroxylation is 1. The van der Waals surface area contributed by atoms with Gasteiger partial charge in [0.25, 0.3) is 0 Å². The summed E-state index contributed by atoms with van der Waals surface area (Å²) in [5, 5.41) is 9.68.